The lowest BCUT2D eigenvalue weighted by Crippen LogP contribution is -2.03. The molecule has 0 radical (unpaired) electrons. The van der Waals surface area contributed by atoms with Crippen molar-refractivity contribution in [1.82, 2.24) is 9.78 Å². The van der Waals surface area contributed by atoms with Gasteiger partial charge in [-0.15, -0.1) is 0 Å². The molecule has 0 saturated heterocycles. The van der Waals surface area contributed by atoms with Gasteiger partial charge in [0.25, 0.3) is 0 Å². The number of hydrogen-bond donors (Lipinski definition) is 0. The second-order valence-electron chi connectivity index (χ2n) is 6.47. The van der Waals surface area contributed by atoms with Gasteiger partial charge < -0.3 is 14.2 Å². The molecule has 0 bridgehead atoms. The van der Waals surface area contributed by atoms with E-state index >= 15 is 0 Å². The lowest BCUT2D eigenvalue weighted by atomic mass is 9.97. The van der Waals surface area contributed by atoms with Crippen molar-refractivity contribution < 1.29 is 14.2 Å². The zero-order valence-corrected chi connectivity index (χ0v) is 16.6. The molecule has 27 heavy (non-hydrogen) atoms. The maximum absolute atomic E-state index is 5.41. The van der Waals surface area contributed by atoms with Crippen LogP contribution < -0.4 is 4.74 Å². The van der Waals surface area contributed by atoms with E-state index in [0.29, 0.717) is 13.2 Å². The largest absolute Gasteiger partial charge is 0.497 e. The molecule has 0 aliphatic rings. The first-order valence-electron chi connectivity index (χ1n) is 8.88. The zero-order chi connectivity index (χ0) is 19.4. The molecule has 2 aromatic carbocycles. The standard InChI is InChI=1S/C22H26N2O3/c1-15-13-17(27-5)9-10-18(15)19-7-6-8-20-21(19)23-24(2)22(20)16(14-26-4)11-12-25-3/h6-11,13H,12,14H2,1-5H3. The number of ether oxygens (including phenoxy) is 3. The fourth-order valence-corrected chi connectivity index (χ4v) is 3.44. The van der Waals surface area contributed by atoms with E-state index in [9.17, 15) is 0 Å². The summed E-state index contributed by atoms with van der Waals surface area (Å²) < 4.78 is 17.9. The Hall–Kier alpha value is -2.63. The third-order valence-electron chi connectivity index (χ3n) is 4.69. The Morgan fingerprint density at radius 1 is 1.07 bits per heavy atom. The fraction of sp³-hybridized carbons (Fsp3) is 0.318. The van der Waals surface area contributed by atoms with Crippen LogP contribution in [0.25, 0.3) is 27.6 Å². The van der Waals surface area contributed by atoms with Gasteiger partial charge in [0.2, 0.25) is 0 Å². The van der Waals surface area contributed by atoms with Crippen LogP contribution in [0.15, 0.2) is 42.5 Å². The second-order valence-corrected chi connectivity index (χ2v) is 6.47. The Kier molecular flexibility index (Phi) is 5.94. The molecule has 0 aliphatic heterocycles. The Balaban J connectivity index is 2.19. The van der Waals surface area contributed by atoms with Gasteiger partial charge in [-0.05, 0) is 30.2 Å². The van der Waals surface area contributed by atoms with Gasteiger partial charge in [-0.3, -0.25) is 4.68 Å². The van der Waals surface area contributed by atoms with Crippen LogP contribution >= 0.6 is 0 Å². The normalized spacial score (nSPS) is 12.0. The Morgan fingerprint density at radius 2 is 1.89 bits per heavy atom. The highest BCUT2D eigenvalue weighted by Crippen LogP contribution is 2.35. The van der Waals surface area contributed by atoms with Crippen molar-refractivity contribution in [2.75, 3.05) is 34.5 Å². The number of benzene rings is 2. The highest BCUT2D eigenvalue weighted by molar-refractivity contribution is 6.00. The van der Waals surface area contributed by atoms with Crippen LogP contribution in [0.2, 0.25) is 0 Å². The number of aryl methyl sites for hydroxylation is 2. The molecule has 0 amide bonds. The van der Waals surface area contributed by atoms with Crippen LogP contribution in [-0.2, 0) is 16.5 Å². The molecule has 0 saturated carbocycles. The van der Waals surface area contributed by atoms with Crippen molar-refractivity contribution >= 4 is 16.5 Å². The maximum Gasteiger partial charge on any atom is 0.119 e. The van der Waals surface area contributed by atoms with E-state index in [4.69, 9.17) is 19.3 Å². The van der Waals surface area contributed by atoms with E-state index in [-0.39, 0.29) is 0 Å². The van der Waals surface area contributed by atoms with E-state index in [1.54, 1.807) is 21.3 Å². The Labute approximate surface area is 160 Å². The van der Waals surface area contributed by atoms with Crippen LogP contribution in [0, 0.1) is 6.92 Å². The summed E-state index contributed by atoms with van der Waals surface area (Å²) in [5.41, 5.74) is 6.51. The zero-order valence-electron chi connectivity index (χ0n) is 16.6. The maximum atomic E-state index is 5.41. The van der Waals surface area contributed by atoms with E-state index in [2.05, 4.69) is 31.2 Å². The summed E-state index contributed by atoms with van der Waals surface area (Å²) in [6.07, 6.45) is 2.05. The van der Waals surface area contributed by atoms with Crippen molar-refractivity contribution in [2.24, 2.45) is 7.05 Å². The number of hydrogen-bond acceptors (Lipinski definition) is 4. The first-order valence-corrected chi connectivity index (χ1v) is 8.88. The molecule has 0 N–H and O–H groups in total. The average Bonchev–Trinajstić information content (AvgIpc) is 3.01. The number of rotatable bonds is 7. The van der Waals surface area contributed by atoms with Gasteiger partial charge in [-0.2, -0.15) is 5.10 Å². The highest BCUT2D eigenvalue weighted by Gasteiger charge is 2.17. The topological polar surface area (TPSA) is 45.5 Å². The van der Waals surface area contributed by atoms with Crippen molar-refractivity contribution in [3.63, 3.8) is 0 Å². The van der Waals surface area contributed by atoms with Crippen molar-refractivity contribution in [3.05, 3.63) is 53.7 Å². The number of aromatic nitrogens is 2. The van der Waals surface area contributed by atoms with Gasteiger partial charge in [0.1, 0.15) is 11.3 Å². The second kappa shape index (κ2) is 8.37. The van der Waals surface area contributed by atoms with E-state index in [1.807, 2.05) is 29.9 Å². The first kappa shape index (κ1) is 19.1. The number of methoxy groups -OCH3 is 3. The lowest BCUT2D eigenvalue weighted by molar-refractivity contribution is 0.227. The van der Waals surface area contributed by atoms with Crippen LogP contribution in [0.5, 0.6) is 5.75 Å². The van der Waals surface area contributed by atoms with Crippen molar-refractivity contribution in [3.8, 4) is 16.9 Å². The summed E-state index contributed by atoms with van der Waals surface area (Å²) in [5.74, 6) is 0.856. The summed E-state index contributed by atoms with van der Waals surface area (Å²) in [7, 11) is 7.04. The van der Waals surface area contributed by atoms with Gasteiger partial charge >= 0.3 is 0 Å². The molecule has 142 valence electrons. The van der Waals surface area contributed by atoms with Gasteiger partial charge in [-0.1, -0.05) is 30.3 Å². The van der Waals surface area contributed by atoms with E-state index in [1.165, 1.54) is 0 Å². The molecule has 1 heterocycles. The molecule has 0 unspecified atom stereocenters. The predicted octanol–water partition coefficient (Wildman–Crippen LogP) is 4.23. The molecule has 0 atom stereocenters. The van der Waals surface area contributed by atoms with Gasteiger partial charge in [0.15, 0.2) is 0 Å². The van der Waals surface area contributed by atoms with Crippen molar-refractivity contribution in [2.45, 2.75) is 6.92 Å². The van der Waals surface area contributed by atoms with Crippen LogP contribution in [0.1, 0.15) is 11.3 Å². The molecule has 1 aromatic heterocycles. The van der Waals surface area contributed by atoms with E-state index in [0.717, 1.165) is 44.6 Å². The van der Waals surface area contributed by atoms with Gasteiger partial charge in [-0.25, -0.2) is 0 Å². The molecule has 3 aromatic rings. The Bertz CT molecular complexity index is 973. The van der Waals surface area contributed by atoms with Gasteiger partial charge in [0, 0.05) is 37.8 Å². The molecular weight excluding hydrogens is 340 g/mol. The molecule has 5 heteroatoms. The molecule has 0 spiro atoms. The van der Waals surface area contributed by atoms with Gasteiger partial charge in [0.05, 0.1) is 26.0 Å². The molecule has 3 rings (SSSR count). The monoisotopic (exact) mass is 366 g/mol. The van der Waals surface area contributed by atoms with Crippen LogP contribution in [0.3, 0.4) is 0 Å². The molecule has 0 aliphatic carbocycles. The highest BCUT2D eigenvalue weighted by atomic mass is 16.5. The lowest BCUT2D eigenvalue weighted by Gasteiger charge is -2.10. The van der Waals surface area contributed by atoms with Crippen LogP contribution in [-0.4, -0.2) is 44.3 Å². The molecule has 0 fully saturated rings. The summed E-state index contributed by atoms with van der Waals surface area (Å²) in [6.45, 7) is 3.13. The third kappa shape index (κ3) is 3.75. The quantitative estimate of drug-likeness (QED) is 0.628. The summed E-state index contributed by atoms with van der Waals surface area (Å²) in [5, 5.41) is 5.93. The SMILES string of the molecule is COCC=C(COC)c1c2cccc(-c3ccc(OC)cc3C)c2nn1C. The smallest absolute Gasteiger partial charge is 0.119 e. The summed E-state index contributed by atoms with van der Waals surface area (Å²) in [4.78, 5) is 0. The summed E-state index contributed by atoms with van der Waals surface area (Å²) >= 11 is 0. The van der Waals surface area contributed by atoms with Crippen LogP contribution in [0.4, 0.5) is 0 Å². The Morgan fingerprint density at radius 3 is 2.56 bits per heavy atom. The third-order valence-corrected chi connectivity index (χ3v) is 4.69. The fourth-order valence-electron chi connectivity index (χ4n) is 3.44. The minimum atomic E-state index is 0.504. The summed E-state index contributed by atoms with van der Waals surface area (Å²) in [6, 6.07) is 12.4. The first-order chi connectivity index (χ1) is 13.1. The molecule has 5 nitrogen and oxygen atoms in total. The molecular formula is C22H26N2O3. The number of fused-ring (bicyclic) bond motifs is 1. The van der Waals surface area contributed by atoms with Crippen molar-refractivity contribution in [1.29, 1.82) is 0 Å². The minimum Gasteiger partial charge on any atom is -0.497 e. The average molecular weight is 366 g/mol. The minimum absolute atomic E-state index is 0.504. The predicted molar refractivity (Wildman–Crippen MR) is 109 cm³/mol. The number of nitrogens with zero attached hydrogens (tertiary/aromatic N) is 2. The van der Waals surface area contributed by atoms with E-state index < -0.39 is 0 Å².